The number of hydrogen-bond donors (Lipinski definition) is 0. The van der Waals surface area contributed by atoms with Crippen molar-refractivity contribution in [3.8, 4) is 5.95 Å². The summed E-state index contributed by atoms with van der Waals surface area (Å²) in [5.41, 5.74) is 0.307. The van der Waals surface area contributed by atoms with E-state index in [1.807, 2.05) is 0 Å². The molecule has 0 aliphatic rings. The van der Waals surface area contributed by atoms with E-state index in [1.165, 1.54) is 20.3 Å². The molecule has 0 spiro atoms. The molecule has 10 nitrogen and oxygen atoms in total. The number of esters is 1. The van der Waals surface area contributed by atoms with Crippen LogP contribution < -0.4 is 9.04 Å². The van der Waals surface area contributed by atoms with Crippen LogP contribution in [0.4, 0.5) is 11.6 Å². The number of nitro benzene ring substituents is 1. The van der Waals surface area contributed by atoms with Crippen molar-refractivity contribution < 1.29 is 32.0 Å². The minimum Gasteiger partial charge on any atom is -0.468 e. The van der Waals surface area contributed by atoms with Crippen molar-refractivity contribution in [2.24, 2.45) is 0 Å². The third-order valence-corrected chi connectivity index (χ3v) is 6.08. The molecule has 11 heteroatoms. The van der Waals surface area contributed by atoms with Gasteiger partial charge >= 0.3 is 11.9 Å². The predicted octanol–water partition coefficient (Wildman–Crippen LogP) is 3.38. The zero-order valence-electron chi connectivity index (χ0n) is 16.5. The van der Waals surface area contributed by atoms with E-state index in [2.05, 4.69) is 4.74 Å². The Morgan fingerprint density at radius 1 is 1.10 bits per heavy atom. The number of hydrogen-bond acceptors (Lipinski definition) is 8. The van der Waals surface area contributed by atoms with Gasteiger partial charge in [0.15, 0.2) is 0 Å². The number of methoxy groups -OCH3 is 2. The third-order valence-electron chi connectivity index (χ3n) is 4.33. The number of furan rings is 1. The number of nitro groups is 1. The van der Waals surface area contributed by atoms with Crippen LogP contribution in [0.15, 0.2) is 70.0 Å². The SMILES string of the molecule is COC(=O)c1cc(N(Cc2ccccc2)S(=O)(=O)c2ccc([N+](=O)[O-])cc2)oc1OC. The molecule has 0 aliphatic carbocycles. The molecule has 162 valence electrons. The molecule has 0 unspecified atom stereocenters. The maximum Gasteiger partial charge on any atom is 0.345 e. The summed E-state index contributed by atoms with van der Waals surface area (Å²) >= 11 is 0. The summed E-state index contributed by atoms with van der Waals surface area (Å²) in [6.45, 7) is -0.128. The number of rotatable bonds is 8. The van der Waals surface area contributed by atoms with Gasteiger partial charge in [0.05, 0.1) is 30.6 Å². The molecule has 1 heterocycles. The largest absolute Gasteiger partial charge is 0.468 e. The van der Waals surface area contributed by atoms with E-state index in [4.69, 9.17) is 9.15 Å². The van der Waals surface area contributed by atoms with Crippen molar-refractivity contribution in [1.82, 2.24) is 0 Å². The van der Waals surface area contributed by atoms with Gasteiger partial charge in [0.2, 0.25) is 5.88 Å². The van der Waals surface area contributed by atoms with Crippen LogP contribution in [0.3, 0.4) is 0 Å². The second-order valence-electron chi connectivity index (χ2n) is 6.23. The summed E-state index contributed by atoms with van der Waals surface area (Å²) in [4.78, 5) is 22.1. The molecule has 0 atom stereocenters. The summed E-state index contributed by atoms with van der Waals surface area (Å²) < 4.78 is 43.0. The van der Waals surface area contributed by atoms with E-state index in [-0.39, 0.29) is 34.5 Å². The van der Waals surface area contributed by atoms with Gasteiger partial charge in [0, 0.05) is 18.2 Å². The topological polar surface area (TPSA) is 129 Å². The number of carbonyl (C=O) groups excluding carboxylic acids is 1. The summed E-state index contributed by atoms with van der Waals surface area (Å²) in [6, 6.07) is 14.4. The van der Waals surface area contributed by atoms with Crippen molar-refractivity contribution in [2.75, 3.05) is 18.5 Å². The monoisotopic (exact) mass is 446 g/mol. The van der Waals surface area contributed by atoms with Crippen LogP contribution in [0, 0.1) is 10.1 Å². The van der Waals surface area contributed by atoms with Gasteiger partial charge in [-0.15, -0.1) is 0 Å². The lowest BCUT2D eigenvalue weighted by molar-refractivity contribution is -0.384. The molecule has 0 aliphatic heterocycles. The first kappa shape index (κ1) is 21.8. The molecule has 0 fully saturated rings. The van der Waals surface area contributed by atoms with Crippen LogP contribution >= 0.6 is 0 Å². The molecule has 31 heavy (non-hydrogen) atoms. The van der Waals surface area contributed by atoms with Crippen LogP contribution in [0.2, 0.25) is 0 Å². The van der Waals surface area contributed by atoms with Gasteiger partial charge in [-0.2, -0.15) is 0 Å². The number of non-ortho nitro benzene ring substituents is 1. The number of sulfonamides is 1. The van der Waals surface area contributed by atoms with E-state index < -0.39 is 20.9 Å². The lowest BCUT2D eigenvalue weighted by Gasteiger charge is -2.22. The summed E-state index contributed by atoms with van der Waals surface area (Å²) in [5.74, 6) is -1.16. The highest BCUT2D eigenvalue weighted by Crippen LogP contribution is 2.34. The summed E-state index contributed by atoms with van der Waals surface area (Å²) in [7, 11) is -1.79. The standard InChI is InChI=1S/C20H18N2O8S/c1-28-19(23)17-12-18(30-20(17)29-2)21(13-14-6-4-3-5-7-14)31(26,27)16-10-8-15(9-11-16)22(24)25/h3-12H,13H2,1-2H3. The van der Waals surface area contributed by atoms with Gasteiger partial charge in [0.25, 0.3) is 15.7 Å². The number of anilines is 1. The van der Waals surface area contributed by atoms with Crippen molar-refractivity contribution >= 4 is 27.6 Å². The predicted molar refractivity (Wildman–Crippen MR) is 110 cm³/mol. The quantitative estimate of drug-likeness (QED) is 0.292. The zero-order chi connectivity index (χ0) is 22.6. The minimum absolute atomic E-state index is 0.0861. The average molecular weight is 446 g/mol. The van der Waals surface area contributed by atoms with E-state index in [1.54, 1.807) is 30.3 Å². The van der Waals surface area contributed by atoms with Gasteiger partial charge in [-0.1, -0.05) is 30.3 Å². The van der Waals surface area contributed by atoms with E-state index in [9.17, 15) is 23.3 Å². The Bertz CT molecular complexity index is 1190. The molecule has 0 N–H and O–H groups in total. The molecule has 0 saturated carbocycles. The van der Waals surface area contributed by atoms with Crippen LogP contribution in [0.1, 0.15) is 15.9 Å². The summed E-state index contributed by atoms with van der Waals surface area (Å²) in [5, 5.41) is 10.9. The minimum atomic E-state index is -4.23. The first-order chi connectivity index (χ1) is 14.8. The molecule has 2 aromatic carbocycles. The maximum atomic E-state index is 13.4. The van der Waals surface area contributed by atoms with Crippen LogP contribution in [0.25, 0.3) is 0 Å². The zero-order valence-corrected chi connectivity index (χ0v) is 17.4. The van der Waals surface area contributed by atoms with Gasteiger partial charge in [-0.05, 0) is 17.7 Å². The number of ether oxygens (including phenoxy) is 2. The molecule has 3 rings (SSSR count). The Kier molecular flexibility index (Phi) is 6.25. The average Bonchev–Trinajstić information content (AvgIpc) is 3.21. The highest BCUT2D eigenvalue weighted by Gasteiger charge is 2.31. The highest BCUT2D eigenvalue weighted by molar-refractivity contribution is 7.92. The van der Waals surface area contributed by atoms with E-state index in [0.717, 1.165) is 28.6 Å². The van der Waals surface area contributed by atoms with Crippen molar-refractivity contribution in [1.29, 1.82) is 0 Å². The molecule has 0 saturated heterocycles. The molecule has 0 radical (unpaired) electrons. The molecule has 1 aromatic heterocycles. The van der Waals surface area contributed by atoms with Gasteiger partial charge < -0.3 is 13.9 Å². The Hall–Kier alpha value is -3.86. The number of carbonyl (C=O) groups is 1. The van der Waals surface area contributed by atoms with Crippen molar-refractivity contribution in [3.05, 3.63) is 81.9 Å². The van der Waals surface area contributed by atoms with Gasteiger partial charge in [0.1, 0.15) is 5.56 Å². The lowest BCUT2D eigenvalue weighted by Crippen LogP contribution is -2.30. The third kappa shape index (κ3) is 4.51. The Labute approximate surface area is 177 Å². The fourth-order valence-electron chi connectivity index (χ4n) is 2.79. The Balaban J connectivity index is 2.11. The van der Waals surface area contributed by atoms with Crippen LogP contribution in [-0.4, -0.2) is 33.5 Å². The van der Waals surface area contributed by atoms with Gasteiger partial charge in [-0.3, -0.25) is 10.1 Å². The Morgan fingerprint density at radius 3 is 2.29 bits per heavy atom. The fraction of sp³-hybridized carbons (Fsp3) is 0.150. The normalized spacial score (nSPS) is 11.0. The first-order valence-electron chi connectivity index (χ1n) is 8.85. The Morgan fingerprint density at radius 2 is 1.74 bits per heavy atom. The molecular formula is C20H18N2O8S. The maximum absolute atomic E-state index is 13.4. The molecular weight excluding hydrogens is 428 g/mol. The van der Waals surface area contributed by atoms with E-state index in [0.29, 0.717) is 5.56 Å². The smallest absolute Gasteiger partial charge is 0.345 e. The van der Waals surface area contributed by atoms with Gasteiger partial charge in [-0.25, -0.2) is 17.5 Å². The van der Waals surface area contributed by atoms with Crippen molar-refractivity contribution in [3.63, 3.8) is 0 Å². The molecule has 3 aromatic rings. The number of benzene rings is 2. The van der Waals surface area contributed by atoms with Crippen LogP contribution in [0.5, 0.6) is 5.95 Å². The second kappa shape index (κ2) is 8.88. The first-order valence-corrected chi connectivity index (χ1v) is 10.3. The fourth-order valence-corrected chi connectivity index (χ4v) is 4.17. The van der Waals surface area contributed by atoms with Crippen molar-refractivity contribution in [2.45, 2.75) is 11.4 Å². The van der Waals surface area contributed by atoms with Crippen LogP contribution in [-0.2, 0) is 21.3 Å². The van der Waals surface area contributed by atoms with E-state index >= 15 is 0 Å². The number of nitrogens with zero attached hydrogens (tertiary/aromatic N) is 2. The highest BCUT2D eigenvalue weighted by atomic mass is 32.2. The summed E-state index contributed by atoms with van der Waals surface area (Å²) in [6.07, 6.45) is 0. The second-order valence-corrected chi connectivity index (χ2v) is 8.09. The molecule has 0 bridgehead atoms. The molecule has 0 amide bonds. The lowest BCUT2D eigenvalue weighted by atomic mass is 10.2.